The van der Waals surface area contributed by atoms with Crippen LogP contribution in [0.4, 0.5) is 0 Å². The van der Waals surface area contributed by atoms with E-state index < -0.39 is 0 Å². The van der Waals surface area contributed by atoms with Crippen LogP contribution in [0.2, 0.25) is 0 Å². The zero-order valence-electron chi connectivity index (χ0n) is 27.9. The standard InChI is InChI=1S/C43H50O/c1-7-9-11-13-17-29(18-14-12-10-8-2)36-33-25-27(3)21-23-30(33)38-40(36)41-37(31-24-22-28(4)26-34(31)43(41,5)6)39-32-19-15-16-20-35(32)44-42(38)39/h15-16,19-26,29,36H,7-14,17-18H2,1-6H3/t36-/m0/s1. The summed E-state index contributed by atoms with van der Waals surface area (Å²) < 4.78 is 6.97. The van der Waals surface area contributed by atoms with Gasteiger partial charge in [0.15, 0.2) is 0 Å². The summed E-state index contributed by atoms with van der Waals surface area (Å²) in [4.78, 5) is 0. The molecule has 1 heteroatoms. The normalized spacial score (nSPS) is 16.1. The molecule has 0 spiro atoms. The number of hydrogen-bond donors (Lipinski definition) is 0. The summed E-state index contributed by atoms with van der Waals surface area (Å²) in [5, 5.41) is 2.57. The Balaban J connectivity index is 1.54. The zero-order chi connectivity index (χ0) is 30.6. The van der Waals surface area contributed by atoms with Gasteiger partial charge in [-0.05, 0) is 77.6 Å². The zero-order valence-corrected chi connectivity index (χ0v) is 27.9. The van der Waals surface area contributed by atoms with Crippen LogP contribution in [-0.4, -0.2) is 0 Å². The molecule has 1 heterocycles. The first kappa shape index (κ1) is 29.4. The smallest absolute Gasteiger partial charge is 0.144 e. The van der Waals surface area contributed by atoms with Gasteiger partial charge in [0.1, 0.15) is 11.2 Å². The summed E-state index contributed by atoms with van der Waals surface area (Å²) in [6, 6.07) is 23.2. The molecule has 0 N–H and O–H groups in total. The molecular weight excluding hydrogens is 532 g/mol. The predicted molar refractivity (Wildman–Crippen MR) is 189 cm³/mol. The highest BCUT2D eigenvalue weighted by molar-refractivity contribution is 6.20. The van der Waals surface area contributed by atoms with Gasteiger partial charge in [-0.1, -0.05) is 145 Å². The van der Waals surface area contributed by atoms with Crippen molar-refractivity contribution in [2.75, 3.05) is 0 Å². The van der Waals surface area contributed by atoms with Crippen molar-refractivity contribution in [2.24, 2.45) is 5.92 Å². The first-order chi connectivity index (χ1) is 21.4. The highest BCUT2D eigenvalue weighted by atomic mass is 16.3. The van der Waals surface area contributed by atoms with Crippen LogP contribution in [0.3, 0.4) is 0 Å². The summed E-state index contributed by atoms with van der Waals surface area (Å²) in [5.41, 5.74) is 16.6. The molecule has 0 bridgehead atoms. The second kappa shape index (κ2) is 11.6. The quantitative estimate of drug-likeness (QED) is 0.141. The van der Waals surface area contributed by atoms with Gasteiger partial charge in [0.05, 0.1) is 0 Å². The minimum absolute atomic E-state index is 0.0857. The van der Waals surface area contributed by atoms with E-state index in [0.717, 1.165) is 11.2 Å². The number of unbranched alkanes of at least 4 members (excludes halogenated alkanes) is 6. The Kier molecular flexibility index (Phi) is 7.72. The summed E-state index contributed by atoms with van der Waals surface area (Å²) in [6.07, 6.45) is 13.2. The average Bonchev–Trinajstić information content (AvgIpc) is 3.62. The predicted octanol–water partition coefficient (Wildman–Crippen LogP) is 13.2. The van der Waals surface area contributed by atoms with Gasteiger partial charge in [0.2, 0.25) is 0 Å². The molecule has 1 atom stereocenters. The van der Waals surface area contributed by atoms with Gasteiger partial charge in [-0.3, -0.25) is 0 Å². The SMILES string of the molecule is CCCCCCC(CCCCCC)[C@H]1c2cc(C)ccc2-c2c1c1c(c3c2oc2ccccc23)-c2ccc(C)cc2C1(C)C. The summed E-state index contributed by atoms with van der Waals surface area (Å²) >= 11 is 0. The van der Waals surface area contributed by atoms with Crippen molar-refractivity contribution in [3.63, 3.8) is 0 Å². The van der Waals surface area contributed by atoms with Crippen molar-refractivity contribution in [3.8, 4) is 22.3 Å². The van der Waals surface area contributed by atoms with E-state index in [2.05, 4.69) is 102 Å². The largest absolute Gasteiger partial charge is 0.455 e. The third-order valence-electron chi connectivity index (χ3n) is 11.1. The maximum atomic E-state index is 6.97. The van der Waals surface area contributed by atoms with Crippen LogP contribution in [0, 0.1) is 19.8 Å². The highest BCUT2D eigenvalue weighted by Crippen LogP contribution is 2.63. The highest BCUT2D eigenvalue weighted by Gasteiger charge is 2.47. The topological polar surface area (TPSA) is 13.1 Å². The molecule has 44 heavy (non-hydrogen) atoms. The lowest BCUT2D eigenvalue weighted by molar-refractivity contribution is 0.371. The molecule has 0 unspecified atom stereocenters. The molecule has 0 saturated heterocycles. The molecule has 0 saturated carbocycles. The van der Waals surface area contributed by atoms with E-state index in [1.807, 2.05) is 0 Å². The van der Waals surface area contributed by atoms with Gasteiger partial charge >= 0.3 is 0 Å². The van der Waals surface area contributed by atoms with E-state index in [0.29, 0.717) is 11.8 Å². The molecule has 5 aromatic rings. The third kappa shape index (κ3) is 4.57. The van der Waals surface area contributed by atoms with Gasteiger partial charge in [-0.15, -0.1) is 0 Å². The fourth-order valence-corrected chi connectivity index (χ4v) is 8.96. The van der Waals surface area contributed by atoms with Crippen molar-refractivity contribution < 1.29 is 4.42 Å². The molecule has 2 aliphatic rings. The van der Waals surface area contributed by atoms with Crippen molar-refractivity contribution in [1.82, 2.24) is 0 Å². The number of benzene rings is 4. The lowest BCUT2D eigenvalue weighted by Crippen LogP contribution is -2.21. The molecule has 0 amide bonds. The fraction of sp³-hybridized carbons (Fsp3) is 0.442. The Labute approximate surface area is 265 Å². The van der Waals surface area contributed by atoms with Gasteiger partial charge < -0.3 is 4.42 Å². The number of rotatable bonds is 11. The minimum atomic E-state index is -0.0857. The van der Waals surface area contributed by atoms with E-state index in [1.165, 1.54) is 114 Å². The number of para-hydroxylation sites is 1. The first-order valence-corrected chi connectivity index (χ1v) is 17.6. The van der Waals surface area contributed by atoms with Gasteiger partial charge in [0.25, 0.3) is 0 Å². The Bertz CT molecular complexity index is 1830. The second-order valence-electron chi connectivity index (χ2n) is 14.5. The number of aryl methyl sites for hydroxylation is 2. The molecule has 0 aliphatic heterocycles. The van der Waals surface area contributed by atoms with Crippen molar-refractivity contribution in [1.29, 1.82) is 0 Å². The first-order valence-electron chi connectivity index (χ1n) is 17.6. The van der Waals surface area contributed by atoms with Crippen LogP contribution in [-0.2, 0) is 5.41 Å². The van der Waals surface area contributed by atoms with Gasteiger partial charge in [0, 0.05) is 27.7 Å². The monoisotopic (exact) mass is 582 g/mol. The van der Waals surface area contributed by atoms with E-state index in [-0.39, 0.29) is 5.41 Å². The molecule has 0 radical (unpaired) electrons. The lowest BCUT2D eigenvalue weighted by Gasteiger charge is -2.31. The Hall–Kier alpha value is -3.32. The van der Waals surface area contributed by atoms with E-state index >= 15 is 0 Å². The summed E-state index contributed by atoms with van der Waals surface area (Å²) in [7, 11) is 0. The number of hydrogen-bond acceptors (Lipinski definition) is 1. The number of furan rings is 1. The Morgan fingerprint density at radius 1 is 0.727 bits per heavy atom. The molecule has 1 nitrogen and oxygen atoms in total. The molecule has 0 fully saturated rings. The Morgan fingerprint density at radius 3 is 2.09 bits per heavy atom. The molecule has 1 aromatic heterocycles. The third-order valence-corrected chi connectivity index (χ3v) is 11.1. The maximum absolute atomic E-state index is 6.97. The van der Waals surface area contributed by atoms with Crippen LogP contribution in [0.5, 0.6) is 0 Å². The van der Waals surface area contributed by atoms with Crippen LogP contribution >= 0.6 is 0 Å². The van der Waals surface area contributed by atoms with Crippen LogP contribution in [0.1, 0.15) is 131 Å². The van der Waals surface area contributed by atoms with Crippen LogP contribution in [0.25, 0.3) is 44.2 Å². The van der Waals surface area contributed by atoms with Crippen LogP contribution in [0.15, 0.2) is 65.1 Å². The minimum Gasteiger partial charge on any atom is -0.455 e. The summed E-state index contributed by atoms with van der Waals surface area (Å²) in [6.45, 7) is 14.2. The fourth-order valence-electron chi connectivity index (χ4n) is 8.96. The molecule has 7 rings (SSSR count). The summed E-state index contributed by atoms with van der Waals surface area (Å²) in [5.74, 6) is 1.04. The molecular formula is C43H50O. The van der Waals surface area contributed by atoms with Crippen molar-refractivity contribution in [3.05, 3.63) is 94.0 Å². The molecule has 4 aromatic carbocycles. The van der Waals surface area contributed by atoms with Crippen molar-refractivity contribution >= 4 is 21.9 Å². The lowest BCUT2D eigenvalue weighted by atomic mass is 9.71. The Morgan fingerprint density at radius 2 is 1.39 bits per heavy atom. The molecule has 228 valence electrons. The van der Waals surface area contributed by atoms with Crippen LogP contribution < -0.4 is 0 Å². The number of fused-ring (bicyclic) bond motifs is 12. The van der Waals surface area contributed by atoms with Gasteiger partial charge in [-0.2, -0.15) is 0 Å². The second-order valence-corrected chi connectivity index (χ2v) is 14.5. The van der Waals surface area contributed by atoms with E-state index in [1.54, 1.807) is 16.7 Å². The van der Waals surface area contributed by atoms with E-state index in [9.17, 15) is 0 Å². The maximum Gasteiger partial charge on any atom is 0.144 e. The van der Waals surface area contributed by atoms with E-state index in [4.69, 9.17) is 4.42 Å². The molecule has 2 aliphatic carbocycles. The van der Waals surface area contributed by atoms with Gasteiger partial charge in [-0.25, -0.2) is 0 Å². The van der Waals surface area contributed by atoms with Crippen molar-refractivity contribution in [2.45, 2.75) is 117 Å². The average molecular weight is 583 g/mol.